The third-order valence-electron chi connectivity index (χ3n) is 2.69. The second kappa shape index (κ2) is 6.71. The van der Waals surface area contributed by atoms with Crippen molar-refractivity contribution in [3.63, 3.8) is 0 Å². The SMILES string of the molecule is CC(C)CCCOc1ccc(S(N)(=O)=O)cc1C(=O)O. The highest BCUT2D eigenvalue weighted by atomic mass is 32.2. The number of primary sulfonamides is 1. The number of rotatable bonds is 7. The zero-order chi connectivity index (χ0) is 15.3. The first kappa shape index (κ1) is 16.5. The summed E-state index contributed by atoms with van der Waals surface area (Å²) in [7, 11) is -3.93. The topological polar surface area (TPSA) is 107 Å². The van der Waals surface area contributed by atoms with Gasteiger partial charge in [-0.2, -0.15) is 0 Å². The average molecular weight is 301 g/mol. The van der Waals surface area contributed by atoms with Crippen molar-refractivity contribution in [3.05, 3.63) is 23.8 Å². The van der Waals surface area contributed by atoms with Gasteiger partial charge in [0.05, 0.1) is 11.5 Å². The van der Waals surface area contributed by atoms with Crippen molar-refractivity contribution in [2.45, 2.75) is 31.6 Å². The molecule has 6 nitrogen and oxygen atoms in total. The van der Waals surface area contributed by atoms with Gasteiger partial charge >= 0.3 is 5.97 Å². The van der Waals surface area contributed by atoms with Gasteiger partial charge in [0, 0.05) is 0 Å². The van der Waals surface area contributed by atoms with Gasteiger partial charge < -0.3 is 9.84 Å². The van der Waals surface area contributed by atoms with Crippen molar-refractivity contribution in [1.29, 1.82) is 0 Å². The summed E-state index contributed by atoms with van der Waals surface area (Å²) in [6.45, 7) is 4.56. The quantitative estimate of drug-likeness (QED) is 0.747. The molecule has 1 aromatic carbocycles. The van der Waals surface area contributed by atoms with Crippen molar-refractivity contribution < 1.29 is 23.1 Å². The number of carboxylic acids is 1. The number of hydrogen-bond donors (Lipinski definition) is 2. The van der Waals surface area contributed by atoms with E-state index in [4.69, 9.17) is 15.0 Å². The van der Waals surface area contributed by atoms with Crippen LogP contribution in [-0.2, 0) is 10.0 Å². The largest absolute Gasteiger partial charge is 0.493 e. The summed E-state index contributed by atoms with van der Waals surface area (Å²) in [6.07, 6.45) is 1.77. The fourth-order valence-electron chi connectivity index (χ4n) is 1.65. The monoisotopic (exact) mass is 301 g/mol. The van der Waals surface area contributed by atoms with Crippen molar-refractivity contribution in [1.82, 2.24) is 0 Å². The Balaban J connectivity index is 2.89. The van der Waals surface area contributed by atoms with Gasteiger partial charge in [0.1, 0.15) is 11.3 Å². The molecule has 0 fully saturated rings. The van der Waals surface area contributed by atoms with E-state index >= 15 is 0 Å². The molecule has 0 heterocycles. The van der Waals surface area contributed by atoms with E-state index in [1.165, 1.54) is 12.1 Å². The molecule has 0 amide bonds. The third kappa shape index (κ3) is 4.82. The maximum Gasteiger partial charge on any atom is 0.339 e. The second-order valence-corrected chi connectivity index (χ2v) is 6.45. The van der Waals surface area contributed by atoms with Crippen molar-refractivity contribution in [2.75, 3.05) is 6.61 Å². The molecule has 0 bridgehead atoms. The van der Waals surface area contributed by atoms with E-state index < -0.39 is 16.0 Å². The Bertz CT molecular complexity index is 580. The Hall–Kier alpha value is -1.60. The molecule has 0 unspecified atom stereocenters. The minimum atomic E-state index is -3.93. The van der Waals surface area contributed by atoms with Gasteiger partial charge in [0.15, 0.2) is 0 Å². The van der Waals surface area contributed by atoms with Crippen molar-refractivity contribution >= 4 is 16.0 Å². The molecular weight excluding hydrogens is 282 g/mol. The Morgan fingerprint density at radius 3 is 2.55 bits per heavy atom. The Labute approximate surface area is 118 Å². The lowest BCUT2D eigenvalue weighted by Gasteiger charge is -2.11. The van der Waals surface area contributed by atoms with Crippen LogP contribution in [0.25, 0.3) is 0 Å². The predicted molar refractivity (Wildman–Crippen MR) is 74.3 cm³/mol. The molecule has 3 N–H and O–H groups in total. The number of nitrogens with two attached hydrogens (primary N) is 1. The minimum absolute atomic E-state index is 0.147. The third-order valence-corrected chi connectivity index (χ3v) is 3.60. The molecule has 0 saturated heterocycles. The van der Waals surface area contributed by atoms with Crippen molar-refractivity contribution in [3.8, 4) is 5.75 Å². The second-order valence-electron chi connectivity index (χ2n) is 4.89. The maximum absolute atomic E-state index is 11.2. The van der Waals surface area contributed by atoms with Crippen molar-refractivity contribution in [2.24, 2.45) is 11.1 Å². The fraction of sp³-hybridized carbons (Fsp3) is 0.462. The van der Waals surface area contributed by atoms with Gasteiger partial charge in [0.2, 0.25) is 10.0 Å². The number of aromatic carboxylic acids is 1. The van der Waals surface area contributed by atoms with Crippen LogP contribution >= 0.6 is 0 Å². The van der Waals surface area contributed by atoms with E-state index in [1.54, 1.807) is 0 Å². The van der Waals surface area contributed by atoms with E-state index in [9.17, 15) is 13.2 Å². The number of benzene rings is 1. The lowest BCUT2D eigenvalue weighted by Crippen LogP contribution is -2.14. The molecule has 20 heavy (non-hydrogen) atoms. The van der Waals surface area contributed by atoms with E-state index in [0.29, 0.717) is 12.5 Å². The normalized spacial score (nSPS) is 11.6. The first-order chi connectivity index (χ1) is 9.21. The summed E-state index contributed by atoms with van der Waals surface area (Å²) in [5.41, 5.74) is -0.207. The fourth-order valence-corrected chi connectivity index (χ4v) is 2.19. The number of carbonyl (C=O) groups is 1. The summed E-state index contributed by atoms with van der Waals surface area (Å²) in [5.74, 6) is -0.565. The van der Waals surface area contributed by atoms with Crippen LogP contribution in [0, 0.1) is 5.92 Å². The molecule has 112 valence electrons. The number of sulfonamides is 1. The van der Waals surface area contributed by atoms with Gasteiger partial charge in [-0.25, -0.2) is 18.4 Å². The highest BCUT2D eigenvalue weighted by molar-refractivity contribution is 7.89. The van der Waals surface area contributed by atoms with Crippen LogP contribution in [0.1, 0.15) is 37.0 Å². The molecular formula is C13H19NO5S. The van der Waals surface area contributed by atoms with Crippen LogP contribution in [0.2, 0.25) is 0 Å². The summed E-state index contributed by atoms with van der Waals surface area (Å²) < 4.78 is 27.8. The zero-order valence-corrected chi connectivity index (χ0v) is 12.3. The van der Waals surface area contributed by atoms with Crippen LogP contribution < -0.4 is 9.88 Å². The van der Waals surface area contributed by atoms with E-state index in [1.807, 2.05) is 0 Å². The van der Waals surface area contributed by atoms with Crippen LogP contribution in [0.15, 0.2) is 23.1 Å². The first-order valence-corrected chi connectivity index (χ1v) is 7.79. The maximum atomic E-state index is 11.2. The average Bonchev–Trinajstić information content (AvgIpc) is 2.33. The number of ether oxygens (including phenoxy) is 1. The molecule has 0 saturated carbocycles. The van der Waals surface area contributed by atoms with Crippen LogP contribution in [-0.4, -0.2) is 26.1 Å². The molecule has 0 atom stereocenters. The van der Waals surface area contributed by atoms with Crippen LogP contribution in [0.4, 0.5) is 0 Å². The molecule has 7 heteroatoms. The standard InChI is InChI=1S/C13H19NO5S/c1-9(2)4-3-7-19-12-6-5-10(20(14,17)18)8-11(12)13(15)16/h5-6,8-9H,3-4,7H2,1-2H3,(H,15,16)(H2,14,17,18). The smallest absolute Gasteiger partial charge is 0.339 e. The Morgan fingerprint density at radius 1 is 1.40 bits per heavy atom. The lowest BCUT2D eigenvalue weighted by atomic mass is 10.1. The summed E-state index contributed by atoms with van der Waals surface area (Å²) in [6, 6.07) is 3.56. The summed E-state index contributed by atoms with van der Waals surface area (Å²) in [4.78, 5) is 10.9. The van der Waals surface area contributed by atoms with Crippen LogP contribution in [0.5, 0.6) is 5.75 Å². The number of carboxylic acid groups (broad SMARTS) is 1. The highest BCUT2D eigenvalue weighted by Crippen LogP contribution is 2.22. The Morgan fingerprint density at radius 2 is 2.05 bits per heavy atom. The molecule has 0 aliphatic rings. The van der Waals surface area contributed by atoms with Gasteiger partial charge in [-0.1, -0.05) is 13.8 Å². The zero-order valence-electron chi connectivity index (χ0n) is 11.5. The molecule has 0 spiro atoms. The predicted octanol–water partition coefficient (Wildman–Crippen LogP) is 1.85. The lowest BCUT2D eigenvalue weighted by molar-refractivity contribution is 0.0691. The van der Waals surface area contributed by atoms with Gasteiger partial charge in [0.25, 0.3) is 0 Å². The molecule has 0 aromatic heterocycles. The summed E-state index contributed by atoms with van der Waals surface area (Å²) >= 11 is 0. The van der Waals surface area contributed by atoms with Gasteiger partial charge in [-0.05, 0) is 37.0 Å². The van der Waals surface area contributed by atoms with Crippen LogP contribution in [0.3, 0.4) is 0 Å². The molecule has 0 radical (unpaired) electrons. The van der Waals surface area contributed by atoms with E-state index in [0.717, 1.165) is 18.9 Å². The molecule has 1 aromatic rings. The molecule has 1 rings (SSSR count). The number of hydrogen-bond acceptors (Lipinski definition) is 4. The van der Waals surface area contributed by atoms with Gasteiger partial charge in [-0.15, -0.1) is 0 Å². The first-order valence-electron chi connectivity index (χ1n) is 6.24. The highest BCUT2D eigenvalue weighted by Gasteiger charge is 2.16. The van der Waals surface area contributed by atoms with Gasteiger partial charge in [-0.3, -0.25) is 0 Å². The van der Waals surface area contributed by atoms with E-state index in [2.05, 4.69) is 13.8 Å². The van der Waals surface area contributed by atoms with E-state index in [-0.39, 0.29) is 16.2 Å². The minimum Gasteiger partial charge on any atom is -0.493 e. The molecule has 0 aliphatic heterocycles. The summed E-state index contributed by atoms with van der Waals surface area (Å²) in [5, 5.41) is 14.1. The molecule has 0 aliphatic carbocycles. The Kier molecular flexibility index (Phi) is 5.52.